The smallest absolute Gasteiger partial charge is 0.241 e. The topological polar surface area (TPSA) is 90.0 Å². The summed E-state index contributed by atoms with van der Waals surface area (Å²) in [5.41, 5.74) is 5.50. The number of thiophene rings is 1. The highest BCUT2D eigenvalue weighted by Gasteiger charge is 2.18. The molecule has 0 atom stereocenters. The molecule has 2 heterocycles. The molecule has 0 unspecified atom stereocenters. The molecule has 0 aliphatic heterocycles. The van der Waals surface area contributed by atoms with Crippen LogP contribution in [0.5, 0.6) is 0 Å². The van der Waals surface area contributed by atoms with Crippen molar-refractivity contribution in [1.82, 2.24) is 14.3 Å². The van der Waals surface area contributed by atoms with E-state index in [0.29, 0.717) is 18.0 Å². The monoisotopic (exact) mass is 286 g/mol. The van der Waals surface area contributed by atoms with Gasteiger partial charge in [0, 0.05) is 36.9 Å². The Morgan fingerprint density at radius 3 is 3.00 bits per heavy atom. The Hall–Kier alpha value is -1.22. The number of nitrogens with zero attached hydrogens (tertiary/aromatic N) is 2. The van der Waals surface area contributed by atoms with Gasteiger partial charge in [-0.3, -0.25) is 0 Å². The summed E-state index contributed by atoms with van der Waals surface area (Å²) in [5.74, 6) is 0. The number of rotatable bonds is 6. The van der Waals surface area contributed by atoms with Crippen LogP contribution in [0.4, 0.5) is 0 Å². The molecule has 0 spiro atoms. The molecule has 2 aromatic rings. The van der Waals surface area contributed by atoms with Crippen molar-refractivity contribution in [2.45, 2.75) is 18.0 Å². The van der Waals surface area contributed by atoms with E-state index < -0.39 is 10.0 Å². The van der Waals surface area contributed by atoms with Crippen LogP contribution in [-0.4, -0.2) is 24.5 Å². The highest BCUT2D eigenvalue weighted by molar-refractivity contribution is 7.89. The Morgan fingerprint density at radius 1 is 1.50 bits per heavy atom. The molecule has 0 aromatic carbocycles. The van der Waals surface area contributed by atoms with Crippen molar-refractivity contribution in [1.29, 1.82) is 0 Å². The van der Waals surface area contributed by atoms with Crippen molar-refractivity contribution in [2.75, 3.05) is 6.54 Å². The summed E-state index contributed by atoms with van der Waals surface area (Å²) < 4.78 is 28.4. The molecule has 0 radical (unpaired) electrons. The SMILES string of the molecule is NCc1sccc1S(=O)(=O)NCCn1ccnc1. The molecule has 0 aliphatic rings. The summed E-state index contributed by atoms with van der Waals surface area (Å²) in [4.78, 5) is 4.84. The summed E-state index contributed by atoms with van der Waals surface area (Å²) in [6.07, 6.45) is 5.08. The quantitative estimate of drug-likeness (QED) is 0.803. The lowest BCUT2D eigenvalue weighted by atomic mass is 10.5. The Labute approximate surface area is 110 Å². The second kappa shape index (κ2) is 5.61. The van der Waals surface area contributed by atoms with Crippen LogP contribution in [0, 0.1) is 0 Å². The number of nitrogens with one attached hydrogen (secondary N) is 1. The predicted molar refractivity (Wildman–Crippen MR) is 69.6 cm³/mol. The molecular weight excluding hydrogens is 272 g/mol. The molecule has 0 saturated carbocycles. The maximum atomic E-state index is 12.0. The molecule has 0 amide bonds. The zero-order valence-corrected chi connectivity index (χ0v) is 11.2. The van der Waals surface area contributed by atoms with E-state index in [0.717, 1.165) is 0 Å². The van der Waals surface area contributed by atoms with Crippen LogP contribution in [0.15, 0.2) is 35.1 Å². The van der Waals surface area contributed by atoms with E-state index in [4.69, 9.17) is 5.73 Å². The van der Waals surface area contributed by atoms with Crippen molar-refractivity contribution in [3.63, 3.8) is 0 Å². The van der Waals surface area contributed by atoms with Crippen LogP contribution in [0.1, 0.15) is 4.88 Å². The van der Waals surface area contributed by atoms with Gasteiger partial charge in [0.05, 0.1) is 11.2 Å². The van der Waals surface area contributed by atoms with Gasteiger partial charge in [0.25, 0.3) is 0 Å². The van der Waals surface area contributed by atoms with Crippen LogP contribution in [-0.2, 0) is 23.1 Å². The van der Waals surface area contributed by atoms with E-state index in [-0.39, 0.29) is 11.4 Å². The summed E-state index contributed by atoms with van der Waals surface area (Å²) in [7, 11) is -3.47. The molecule has 98 valence electrons. The zero-order chi connectivity index (χ0) is 13.0. The third-order valence-electron chi connectivity index (χ3n) is 2.40. The number of imidazole rings is 1. The number of hydrogen-bond acceptors (Lipinski definition) is 5. The van der Waals surface area contributed by atoms with Crippen LogP contribution in [0.25, 0.3) is 0 Å². The van der Waals surface area contributed by atoms with Gasteiger partial charge in [0.2, 0.25) is 10.0 Å². The average molecular weight is 286 g/mol. The van der Waals surface area contributed by atoms with E-state index in [1.807, 2.05) is 0 Å². The molecule has 3 N–H and O–H groups in total. The van der Waals surface area contributed by atoms with Crippen molar-refractivity contribution < 1.29 is 8.42 Å². The Bertz CT molecular complexity index is 589. The minimum absolute atomic E-state index is 0.232. The van der Waals surface area contributed by atoms with Gasteiger partial charge in [-0.05, 0) is 11.4 Å². The zero-order valence-electron chi connectivity index (χ0n) is 9.61. The van der Waals surface area contributed by atoms with Gasteiger partial charge in [-0.25, -0.2) is 18.1 Å². The Morgan fingerprint density at radius 2 is 2.33 bits per heavy atom. The van der Waals surface area contributed by atoms with Gasteiger partial charge in [0.15, 0.2) is 0 Å². The Kier molecular flexibility index (Phi) is 4.12. The van der Waals surface area contributed by atoms with Gasteiger partial charge >= 0.3 is 0 Å². The van der Waals surface area contributed by atoms with Crippen molar-refractivity contribution >= 4 is 21.4 Å². The second-order valence-electron chi connectivity index (χ2n) is 3.61. The fourth-order valence-corrected chi connectivity index (χ4v) is 3.88. The van der Waals surface area contributed by atoms with E-state index in [1.54, 1.807) is 34.7 Å². The van der Waals surface area contributed by atoms with E-state index in [2.05, 4.69) is 9.71 Å². The number of hydrogen-bond donors (Lipinski definition) is 2. The largest absolute Gasteiger partial charge is 0.336 e. The maximum absolute atomic E-state index is 12.0. The van der Waals surface area contributed by atoms with Crippen LogP contribution in [0.3, 0.4) is 0 Å². The normalized spacial score (nSPS) is 11.8. The van der Waals surface area contributed by atoms with E-state index in [9.17, 15) is 8.42 Å². The van der Waals surface area contributed by atoms with E-state index in [1.165, 1.54) is 11.3 Å². The lowest BCUT2D eigenvalue weighted by Crippen LogP contribution is -2.27. The number of sulfonamides is 1. The lowest BCUT2D eigenvalue weighted by molar-refractivity contribution is 0.572. The van der Waals surface area contributed by atoms with Gasteiger partial charge in [-0.1, -0.05) is 0 Å². The second-order valence-corrected chi connectivity index (χ2v) is 6.35. The van der Waals surface area contributed by atoms with Crippen molar-refractivity contribution in [3.05, 3.63) is 35.0 Å². The molecule has 0 fully saturated rings. The highest BCUT2D eigenvalue weighted by atomic mass is 32.2. The fourth-order valence-electron chi connectivity index (χ4n) is 1.52. The summed E-state index contributed by atoms with van der Waals surface area (Å²) in [6, 6.07) is 1.58. The summed E-state index contributed by atoms with van der Waals surface area (Å²) in [6.45, 7) is 1.09. The molecule has 2 rings (SSSR count). The molecule has 2 aromatic heterocycles. The van der Waals surface area contributed by atoms with Gasteiger partial charge in [-0.15, -0.1) is 11.3 Å². The van der Waals surface area contributed by atoms with Gasteiger partial charge in [-0.2, -0.15) is 0 Å². The standard InChI is InChI=1S/C10H14N4O2S2/c11-7-9-10(1-6-17-9)18(15,16)13-3-5-14-4-2-12-8-14/h1-2,4,6,8,13H,3,5,7,11H2. The Balaban J connectivity index is 1.99. The predicted octanol–water partition coefficient (Wildman–Crippen LogP) is 0.382. The fraction of sp³-hybridized carbons (Fsp3) is 0.300. The molecule has 18 heavy (non-hydrogen) atoms. The first-order valence-electron chi connectivity index (χ1n) is 5.35. The van der Waals surface area contributed by atoms with Crippen LogP contribution in [0.2, 0.25) is 0 Å². The number of nitrogens with two attached hydrogens (primary N) is 1. The molecule has 6 nitrogen and oxygen atoms in total. The maximum Gasteiger partial charge on any atom is 0.241 e. The minimum atomic E-state index is -3.47. The number of aromatic nitrogens is 2. The van der Waals surface area contributed by atoms with Crippen LogP contribution >= 0.6 is 11.3 Å². The van der Waals surface area contributed by atoms with Crippen LogP contribution < -0.4 is 10.5 Å². The first kappa shape index (κ1) is 13.2. The van der Waals surface area contributed by atoms with Crippen molar-refractivity contribution in [2.24, 2.45) is 5.73 Å². The molecule has 0 saturated heterocycles. The summed E-state index contributed by atoms with van der Waals surface area (Å²) in [5, 5.41) is 1.73. The summed E-state index contributed by atoms with van der Waals surface area (Å²) >= 11 is 1.35. The highest BCUT2D eigenvalue weighted by Crippen LogP contribution is 2.20. The minimum Gasteiger partial charge on any atom is -0.336 e. The average Bonchev–Trinajstić information content (AvgIpc) is 2.99. The molecule has 0 aliphatic carbocycles. The lowest BCUT2D eigenvalue weighted by Gasteiger charge is -2.07. The van der Waals surface area contributed by atoms with Crippen molar-refractivity contribution in [3.8, 4) is 0 Å². The first-order chi connectivity index (χ1) is 8.63. The van der Waals surface area contributed by atoms with Gasteiger partial charge in [0.1, 0.15) is 0 Å². The third-order valence-corrected chi connectivity index (χ3v) is 5.02. The van der Waals surface area contributed by atoms with E-state index >= 15 is 0 Å². The first-order valence-corrected chi connectivity index (χ1v) is 7.71. The van der Waals surface area contributed by atoms with Gasteiger partial charge < -0.3 is 10.3 Å². The third kappa shape index (κ3) is 2.96. The molecular formula is C10H14N4O2S2. The molecule has 0 bridgehead atoms. The molecule has 8 heteroatoms.